The molecule has 0 radical (unpaired) electrons. The molecule has 0 aliphatic rings. The second-order valence-electron chi connectivity index (χ2n) is 3.19. The first kappa shape index (κ1) is 11.0. The van der Waals surface area contributed by atoms with Gasteiger partial charge in [-0.25, -0.2) is 4.79 Å². The normalized spacial score (nSPS) is 10.1. The highest BCUT2D eigenvalue weighted by Crippen LogP contribution is 2.21. The van der Waals surface area contributed by atoms with Gasteiger partial charge in [0.05, 0.1) is 18.6 Å². The molecule has 0 amide bonds. The van der Waals surface area contributed by atoms with Crippen molar-refractivity contribution in [2.45, 2.75) is 6.92 Å². The summed E-state index contributed by atoms with van der Waals surface area (Å²) in [4.78, 5) is 29.1. The van der Waals surface area contributed by atoms with Gasteiger partial charge in [-0.1, -0.05) is 0 Å². The topological polar surface area (TPSA) is 76.7 Å². The Balaban J connectivity index is 2.62. The number of esters is 1. The summed E-state index contributed by atoms with van der Waals surface area (Å²) in [7, 11) is 0. The summed E-state index contributed by atoms with van der Waals surface area (Å²) in [5.41, 5.74) is -0.429. The zero-order valence-corrected chi connectivity index (χ0v) is 8.94. The average Bonchev–Trinajstić information content (AvgIpc) is 2.73. The second kappa shape index (κ2) is 4.14. The lowest BCUT2D eigenvalue weighted by molar-refractivity contribution is 0.0524. The van der Waals surface area contributed by atoms with Crippen LogP contribution in [0.25, 0.3) is 15.9 Å². The average molecular weight is 232 g/mol. The maximum absolute atomic E-state index is 11.9. The minimum Gasteiger partial charge on any atom is -0.465 e. The molecule has 0 bridgehead atoms. The molecule has 0 spiro atoms. The Hall–Kier alpha value is -2.55. The third kappa shape index (κ3) is 1.78. The van der Waals surface area contributed by atoms with Crippen LogP contribution < -0.4 is 5.43 Å². The zero-order valence-electron chi connectivity index (χ0n) is 8.94. The van der Waals surface area contributed by atoms with Crippen molar-refractivity contribution in [2.24, 2.45) is 0 Å². The predicted octanol–water partition coefficient (Wildman–Crippen LogP) is 1.85. The number of pyridine rings is 1. The van der Waals surface area contributed by atoms with E-state index < -0.39 is 11.4 Å². The van der Waals surface area contributed by atoms with Crippen molar-refractivity contribution < 1.29 is 13.9 Å². The molecule has 17 heavy (non-hydrogen) atoms. The number of carbonyl (C=O) groups excluding carboxylic acids is 1. The molecule has 0 aliphatic heterocycles. The number of nitrogens with zero attached hydrogens (tertiary/aromatic N) is 1. The Morgan fingerprint density at radius 3 is 3.06 bits per heavy atom. The summed E-state index contributed by atoms with van der Waals surface area (Å²) in [5, 5.41) is 0.168. The van der Waals surface area contributed by atoms with Gasteiger partial charge < -0.3 is 14.1 Å². The molecule has 1 N–H and O–H groups in total. The van der Waals surface area contributed by atoms with Crippen LogP contribution in [0.2, 0.25) is 0 Å². The van der Waals surface area contributed by atoms with Gasteiger partial charge in [0.25, 0.3) is 0 Å². The van der Waals surface area contributed by atoms with Gasteiger partial charge in [-0.15, -0.1) is 0 Å². The Morgan fingerprint density at radius 1 is 1.65 bits per heavy atom. The molecule has 86 valence electrons. The number of H-pyrrole nitrogens is 1. The van der Waals surface area contributed by atoms with Crippen LogP contribution in [0, 0.1) is 6.57 Å². The van der Waals surface area contributed by atoms with Gasteiger partial charge >= 0.3 is 11.9 Å². The van der Waals surface area contributed by atoms with Crippen LogP contribution in [-0.2, 0) is 4.74 Å². The molecule has 2 aromatic heterocycles. The molecule has 0 aliphatic carbocycles. The molecule has 0 unspecified atom stereocenters. The van der Waals surface area contributed by atoms with Crippen LogP contribution in [0.5, 0.6) is 0 Å². The van der Waals surface area contributed by atoms with Crippen molar-refractivity contribution in [3.8, 4) is 0 Å². The number of ether oxygens (including phenoxy) is 1. The highest BCUT2D eigenvalue weighted by molar-refractivity contribution is 5.93. The van der Waals surface area contributed by atoms with Gasteiger partial charge in [-0.05, 0) is 13.0 Å². The van der Waals surface area contributed by atoms with Crippen molar-refractivity contribution in [1.29, 1.82) is 0 Å². The minimum absolute atomic E-state index is 0.00522. The second-order valence-corrected chi connectivity index (χ2v) is 3.19. The Kier molecular flexibility index (Phi) is 2.66. The van der Waals surface area contributed by atoms with Crippen LogP contribution in [0.15, 0.2) is 21.5 Å². The third-order valence-electron chi connectivity index (χ3n) is 2.16. The summed E-state index contributed by atoms with van der Waals surface area (Å²) in [6, 6.07) is 1.30. The lowest BCUT2D eigenvalue weighted by Crippen LogP contribution is -2.17. The number of fused-ring (bicyclic) bond motifs is 1. The summed E-state index contributed by atoms with van der Waals surface area (Å²) in [5.74, 6) is -0.699. The van der Waals surface area contributed by atoms with Crippen molar-refractivity contribution in [1.82, 2.24) is 4.98 Å². The van der Waals surface area contributed by atoms with E-state index >= 15 is 0 Å². The Labute approximate surface area is 95.6 Å². The van der Waals surface area contributed by atoms with Gasteiger partial charge in [0.2, 0.25) is 5.43 Å². The van der Waals surface area contributed by atoms with E-state index in [-0.39, 0.29) is 29.2 Å². The van der Waals surface area contributed by atoms with Crippen LogP contribution in [-0.4, -0.2) is 17.6 Å². The van der Waals surface area contributed by atoms with Gasteiger partial charge in [0.1, 0.15) is 5.56 Å². The molecule has 0 fully saturated rings. The van der Waals surface area contributed by atoms with Crippen LogP contribution in [0.1, 0.15) is 17.3 Å². The SMILES string of the molecule is [C-]#[N+]c1cc2c(=O)c(C(=O)OCC)c[nH]c2o1. The molecule has 6 heteroatoms. The number of furan rings is 1. The molecular formula is C11H8N2O4. The molecule has 0 saturated heterocycles. The van der Waals surface area contributed by atoms with Crippen molar-refractivity contribution in [2.75, 3.05) is 6.61 Å². The van der Waals surface area contributed by atoms with Gasteiger partial charge in [0, 0.05) is 6.20 Å². The van der Waals surface area contributed by atoms with Crippen molar-refractivity contribution in [3.63, 3.8) is 0 Å². The summed E-state index contributed by atoms with van der Waals surface area (Å²) in [6.45, 7) is 8.62. The molecule has 2 heterocycles. The zero-order chi connectivity index (χ0) is 12.4. The first-order valence-corrected chi connectivity index (χ1v) is 4.87. The number of hydrogen-bond donors (Lipinski definition) is 1. The molecule has 0 aromatic carbocycles. The highest BCUT2D eigenvalue weighted by atomic mass is 16.5. The van der Waals surface area contributed by atoms with E-state index in [0.29, 0.717) is 0 Å². The van der Waals surface area contributed by atoms with E-state index in [9.17, 15) is 9.59 Å². The van der Waals surface area contributed by atoms with Gasteiger partial charge in [0.15, 0.2) is 5.71 Å². The number of carbonyl (C=O) groups is 1. The van der Waals surface area contributed by atoms with Gasteiger partial charge in [-0.3, -0.25) is 4.79 Å². The monoisotopic (exact) mass is 232 g/mol. The van der Waals surface area contributed by atoms with Crippen molar-refractivity contribution >= 4 is 23.0 Å². The number of aromatic nitrogens is 1. The quantitative estimate of drug-likeness (QED) is 0.633. The fourth-order valence-corrected chi connectivity index (χ4v) is 1.42. The summed E-state index contributed by atoms with van der Waals surface area (Å²) < 4.78 is 9.77. The Morgan fingerprint density at radius 2 is 2.41 bits per heavy atom. The first-order chi connectivity index (χ1) is 8.17. The largest absolute Gasteiger partial charge is 0.465 e. The fraction of sp³-hybridized carbons (Fsp3) is 0.182. The molecule has 2 rings (SSSR count). The fourth-order valence-electron chi connectivity index (χ4n) is 1.42. The van der Waals surface area contributed by atoms with E-state index in [4.69, 9.17) is 15.7 Å². The third-order valence-corrected chi connectivity index (χ3v) is 2.16. The number of nitrogens with one attached hydrogen (secondary N) is 1. The lowest BCUT2D eigenvalue weighted by atomic mass is 10.2. The van der Waals surface area contributed by atoms with E-state index in [1.54, 1.807) is 6.92 Å². The van der Waals surface area contributed by atoms with Crippen LogP contribution in [0.3, 0.4) is 0 Å². The number of hydrogen-bond acceptors (Lipinski definition) is 4. The summed E-state index contributed by atoms with van der Waals surface area (Å²) in [6.07, 6.45) is 1.22. The summed E-state index contributed by atoms with van der Waals surface area (Å²) >= 11 is 0. The molecule has 6 nitrogen and oxygen atoms in total. The molecular weight excluding hydrogens is 224 g/mol. The Bertz CT molecular complexity index is 675. The maximum Gasteiger partial charge on any atom is 0.347 e. The number of rotatable bonds is 2. The van der Waals surface area contributed by atoms with Gasteiger partial charge in [-0.2, -0.15) is 4.85 Å². The standard InChI is InChI=1S/C11H8N2O4/c1-3-16-11(15)7-5-13-10-6(9(7)14)4-8(12-2)17-10/h4-5H,3H2,1H3,(H,13,14). The highest BCUT2D eigenvalue weighted by Gasteiger charge is 2.16. The molecule has 0 atom stereocenters. The lowest BCUT2D eigenvalue weighted by Gasteiger charge is -2.00. The van der Waals surface area contributed by atoms with E-state index in [0.717, 1.165) is 0 Å². The maximum atomic E-state index is 11.9. The van der Waals surface area contributed by atoms with Crippen LogP contribution in [0.4, 0.5) is 5.88 Å². The van der Waals surface area contributed by atoms with Crippen LogP contribution >= 0.6 is 0 Å². The minimum atomic E-state index is -0.693. The molecule has 0 saturated carbocycles. The predicted molar refractivity (Wildman–Crippen MR) is 59.1 cm³/mol. The molecule has 2 aromatic rings. The van der Waals surface area contributed by atoms with E-state index in [2.05, 4.69) is 9.83 Å². The number of aromatic amines is 1. The van der Waals surface area contributed by atoms with Crippen molar-refractivity contribution in [3.05, 3.63) is 39.5 Å². The van der Waals surface area contributed by atoms with E-state index in [1.165, 1.54) is 12.3 Å². The smallest absolute Gasteiger partial charge is 0.347 e. The van der Waals surface area contributed by atoms with E-state index in [1.807, 2.05) is 0 Å². The first-order valence-electron chi connectivity index (χ1n) is 4.87.